The third-order valence-corrected chi connectivity index (χ3v) is 2.65. The molecule has 0 saturated carbocycles. The molecule has 1 aromatic rings. The summed E-state index contributed by atoms with van der Waals surface area (Å²) in [5, 5.41) is 2.61. The lowest BCUT2D eigenvalue weighted by Crippen LogP contribution is -2.29. The van der Waals surface area contributed by atoms with Gasteiger partial charge in [0.15, 0.2) is 0 Å². The summed E-state index contributed by atoms with van der Waals surface area (Å²) in [6.07, 6.45) is -3.23. The molecular weight excluding hydrogens is 273 g/mol. The van der Waals surface area contributed by atoms with E-state index in [4.69, 9.17) is 5.73 Å². The molecule has 0 aliphatic carbocycles. The fourth-order valence-corrected chi connectivity index (χ4v) is 1.69. The lowest BCUT2D eigenvalue weighted by atomic mass is 10.0. The van der Waals surface area contributed by atoms with Crippen LogP contribution < -0.4 is 15.8 Å². The van der Waals surface area contributed by atoms with E-state index in [-0.39, 0.29) is 24.1 Å². The van der Waals surface area contributed by atoms with Crippen molar-refractivity contribution in [1.82, 2.24) is 0 Å². The second kappa shape index (κ2) is 7.14. The van der Waals surface area contributed by atoms with Gasteiger partial charge < -0.3 is 15.8 Å². The highest BCUT2D eigenvalue weighted by Crippen LogP contribution is 2.24. The first-order chi connectivity index (χ1) is 9.35. The monoisotopic (exact) mass is 290 g/mol. The number of halogens is 3. The summed E-state index contributed by atoms with van der Waals surface area (Å²) in [5.41, 5.74) is 5.90. The molecule has 3 N–H and O–H groups in total. The predicted octanol–water partition coefficient (Wildman–Crippen LogP) is 2.90. The van der Waals surface area contributed by atoms with Gasteiger partial charge in [-0.15, -0.1) is 13.2 Å². The van der Waals surface area contributed by atoms with E-state index in [2.05, 4.69) is 10.1 Å². The van der Waals surface area contributed by atoms with E-state index in [9.17, 15) is 18.0 Å². The molecule has 20 heavy (non-hydrogen) atoms. The Bertz CT molecular complexity index is 432. The molecule has 0 aromatic heterocycles. The van der Waals surface area contributed by atoms with Crippen molar-refractivity contribution in [1.29, 1.82) is 0 Å². The van der Waals surface area contributed by atoms with Crippen LogP contribution in [0.4, 0.5) is 18.9 Å². The Morgan fingerprint density at radius 2 is 1.95 bits per heavy atom. The van der Waals surface area contributed by atoms with Crippen LogP contribution >= 0.6 is 0 Å². The van der Waals surface area contributed by atoms with Gasteiger partial charge >= 0.3 is 6.36 Å². The lowest BCUT2D eigenvalue weighted by molar-refractivity contribution is -0.274. The van der Waals surface area contributed by atoms with Crippen LogP contribution in [0.15, 0.2) is 24.3 Å². The van der Waals surface area contributed by atoms with Crippen LogP contribution in [-0.2, 0) is 4.79 Å². The smallest absolute Gasteiger partial charge is 0.406 e. The molecule has 4 nitrogen and oxygen atoms in total. The number of ether oxygens (including phenoxy) is 1. The fourth-order valence-electron chi connectivity index (χ4n) is 1.69. The number of benzene rings is 1. The van der Waals surface area contributed by atoms with Crippen LogP contribution in [0.3, 0.4) is 0 Å². The van der Waals surface area contributed by atoms with Gasteiger partial charge in [-0.2, -0.15) is 0 Å². The van der Waals surface area contributed by atoms with Crippen LogP contribution in [0, 0.1) is 5.92 Å². The molecule has 1 amide bonds. The summed E-state index contributed by atoms with van der Waals surface area (Å²) >= 11 is 0. The predicted molar refractivity (Wildman–Crippen MR) is 69.2 cm³/mol. The van der Waals surface area contributed by atoms with Gasteiger partial charge in [-0.05, 0) is 30.7 Å². The number of nitrogens with two attached hydrogens (primary N) is 1. The van der Waals surface area contributed by atoms with E-state index in [1.54, 1.807) is 0 Å². The molecule has 1 rings (SSSR count). The van der Waals surface area contributed by atoms with Gasteiger partial charge in [0.05, 0.1) is 5.92 Å². The zero-order valence-electron chi connectivity index (χ0n) is 11.0. The maximum atomic E-state index is 12.0. The van der Waals surface area contributed by atoms with Crippen molar-refractivity contribution >= 4 is 11.6 Å². The quantitative estimate of drug-likeness (QED) is 0.846. The second-order valence-electron chi connectivity index (χ2n) is 4.28. The minimum atomic E-state index is -4.73. The maximum absolute atomic E-state index is 12.0. The van der Waals surface area contributed by atoms with Crippen molar-refractivity contribution in [3.8, 4) is 5.75 Å². The third kappa shape index (κ3) is 5.48. The van der Waals surface area contributed by atoms with Crippen molar-refractivity contribution in [3.05, 3.63) is 24.3 Å². The Hall–Kier alpha value is -1.76. The summed E-state index contributed by atoms with van der Waals surface area (Å²) in [4.78, 5) is 11.8. The first kappa shape index (κ1) is 16.3. The van der Waals surface area contributed by atoms with Crippen molar-refractivity contribution in [2.75, 3.05) is 11.9 Å². The maximum Gasteiger partial charge on any atom is 0.573 e. The summed E-state index contributed by atoms with van der Waals surface area (Å²) in [5.74, 6) is -0.871. The highest BCUT2D eigenvalue weighted by Gasteiger charge is 2.31. The SMILES string of the molecule is CCCC(CN)C(=O)Nc1ccc(OC(F)(F)F)cc1. The number of hydrogen-bond donors (Lipinski definition) is 2. The Kier molecular flexibility index (Phi) is 5.82. The van der Waals surface area contributed by atoms with E-state index in [1.165, 1.54) is 12.1 Å². The highest BCUT2D eigenvalue weighted by atomic mass is 19.4. The van der Waals surface area contributed by atoms with Gasteiger partial charge in [-0.1, -0.05) is 13.3 Å². The van der Waals surface area contributed by atoms with E-state index in [0.717, 1.165) is 18.6 Å². The largest absolute Gasteiger partial charge is 0.573 e. The summed E-state index contributed by atoms with van der Waals surface area (Å²) in [7, 11) is 0. The number of rotatable bonds is 6. The third-order valence-electron chi connectivity index (χ3n) is 2.65. The highest BCUT2D eigenvalue weighted by molar-refractivity contribution is 5.92. The number of carbonyl (C=O) groups excluding carboxylic acids is 1. The zero-order valence-corrected chi connectivity index (χ0v) is 11.0. The number of amides is 1. The Labute approximate surface area is 115 Å². The Morgan fingerprint density at radius 3 is 2.40 bits per heavy atom. The molecule has 0 spiro atoms. The second-order valence-corrected chi connectivity index (χ2v) is 4.28. The van der Waals surface area contributed by atoms with Crippen LogP contribution in [0.1, 0.15) is 19.8 Å². The average Bonchev–Trinajstić information content (AvgIpc) is 2.36. The molecule has 112 valence electrons. The standard InChI is InChI=1S/C13H17F3N2O2/c1-2-3-9(8-17)12(19)18-10-4-6-11(7-5-10)20-13(14,15)16/h4-7,9H,2-3,8,17H2,1H3,(H,18,19). The van der Waals surface area contributed by atoms with Crippen molar-refractivity contribution in [2.24, 2.45) is 11.7 Å². The summed E-state index contributed by atoms with van der Waals surface area (Å²) in [6.45, 7) is 2.17. The Morgan fingerprint density at radius 1 is 1.35 bits per heavy atom. The summed E-state index contributed by atoms with van der Waals surface area (Å²) < 4.78 is 39.7. The summed E-state index contributed by atoms with van der Waals surface area (Å²) in [6, 6.07) is 4.97. The van der Waals surface area contributed by atoms with Gasteiger partial charge in [-0.3, -0.25) is 4.79 Å². The molecule has 0 aliphatic rings. The molecule has 0 radical (unpaired) electrons. The molecule has 1 unspecified atom stereocenters. The number of anilines is 1. The van der Waals surface area contributed by atoms with E-state index >= 15 is 0 Å². The average molecular weight is 290 g/mol. The number of alkyl halides is 3. The minimum absolute atomic E-state index is 0.231. The molecular formula is C13H17F3N2O2. The normalized spacial score (nSPS) is 12.8. The van der Waals surface area contributed by atoms with Gasteiger partial charge in [0, 0.05) is 12.2 Å². The molecule has 1 atom stereocenters. The van der Waals surface area contributed by atoms with Crippen LogP contribution in [0.25, 0.3) is 0 Å². The first-order valence-electron chi connectivity index (χ1n) is 6.22. The molecule has 0 bridgehead atoms. The molecule has 0 saturated heterocycles. The van der Waals surface area contributed by atoms with E-state index < -0.39 is 6.36 Å². The lowest BCUT2D eigenvalue weighted by Gasteiger charge is -2.14. The van der Waals surface area contributed by atoms with Crippen LogP contribution in [-0.4, -0.2) is 18.8 Å². The minimum Gasteiger partial charge on any atom is -0.406 e. The number of carbonyl (C=O) groups is 1. The van der Waals surface area contributed by atoms with Crippen LogP contribution in [0.5, 0.6) is 5.75 Å². The fraction of sp³-hybridized carbons (Fsp3) is 0.462. The van der Waals surface area contributed by atoms with Crippen molar-refractivity contribution in [3.63, 3.8) is 0 Å². The van der Waals surface area contributed by atoms with Crippen LogP contribution in [0.2, 0.25) is 0 Å². The molecule has 1 aromatic carbocycles. The van der Waals surface area contributed by atoms with Gasteiger partial charge in [0.25, 0.3) is 0 Å². The van der Waals surface area contributed by atoms with E-state index in [1.807, 2.05) is 6.92 Å². The number of hydrogen-bond acceptors (Lipinski definition) is 3. The topological polar surface area (TPSA) is 64.4 Å². The molecule has 0 heterocycles. The molecule has 7 heteroatoms. The van der Waals surface area contributed by atoms with Crippen molar-refractivity contribution < 1.29 is 22.7 Å². The van der Waals surface area contributed by atoms with Gasteiger partial charge in [0.1, 0.15) is 5.75 Å². The number of nitrogens with one attached hydrogen (secondary N) is 1. The zero-order chi connectivity index (χ0) is 15.2. The van der Waals surface area contributed by atoms with E-state index in [0.29, 0.717) is 12.1 Å². The van der Waals surface area contributed by atoms with Crippen molar-refractivity contribution in [2.45, 2.75) is 26.1 Å². The van der Waals surface area contributed by atoms with Gasteiger partial charge in [-0.25, -0.2) is 0 Å². The molecule has 0 fully saturated rings. The van der Waals surface area contributed by atoms with Gasteiger partial charge in [0.2, 0.25) is 5.91 Å². The Balaban J connectivity index is 2.63. The molecule has 0 aliphatic heterocycles. The first-order valence-corrected chi connectivity index (χ1v) is 6.22.